The number of aromatic nitrogens is 2. The highest BCUT2D eigenvalue weighted by molar-refractivity contribution is 7.18. The van der Waals surface area contributed by atoms with Gasteiger partial charge in [0.05, 0.1) is 11.8 Å². The van der Waals surface area contributed by atoms with Gasteiger partial charge in [0, 0.05) is 4.88 Å². The Morgan fingerprint density at radius 3 is 3.00 bits per heavy atom. The van der Waals surface area contributed by atoms with Gasteiger partial charge in [-0.3, -0.25) is 15.0 Å². The van der Waals surface area contributed by atoms with Crippen molar-refractivity contribution in [2.24, 2.45) is 5.84 Å². The van der Waals surface area contributed by atoms with Crippen molar-refractivity contribution >= 4 is 27.5 Å². The van der Waals surface area contributed by atoms with Crippen molar-refractivity contribution < 1.29 is 4.79 Å². The van der Waals surface area contributed by atoms with Crippen LogP contribution in [0.3, 0.4) is 0 Å². The van der Waals surface area contributed by atoms with E-state index >= 15 is 0 Å². The molecule has 2 aromatic heterocycles. The number of rotatable bonds is 2. The molecular formula is C12H14N4O2S. The molecule has 0 saturated carbocycles. The van der Waals surface area contributed by atoms with Crippen molar-refractivity contribution in [1.82, 2.24) is 15.4 Å². The number of thiophene rings is 1. The molecule has 3 rings (SSSR count). The van der Waals surface area contributed by atoms with Gasteiger partial charge in [-0.25, -0.2) is 10.8 Å². The molecule has 0 atom stereocenters. The largest absolute Gasteiger partial charge is 0.309 e. The highest BCUT2D eigenvalue weighted by Crippen LogP contribution is 2.33. The second kappa shape index (κ2) is 4.75. The molecular weight excluding hydrogens is 264 g/mol. The van der Waals surface area contributed by atoms with Crippen LogP contribution in [0.15, 0.2) is 4.79 Å². The van der Waals surface area contributed by atoms with Crippen molar-refractivity contribution in [3.63, 3.8) is 0 Å². The summed E-state index contributed by atoms with van der Waals surface area (Å²) in [5, 5.41) is 0.705. The normalized spacial score (nSPS) is 14.4. The van der Waals surface area contributed by atoms with E-state index in [0.29, 0.717) is 11.2 Å². The number of nitrogens with one attached hydrogen (secondary N) is 2. The van der Waals surface area contributed by atoms with Crippen LogP contribution in [0, 0.1) is 0 Å². The minimum Gasteiger partial charge on any atom is -0.309 e. The number of carbonyl (C=O) groups is 1. The number of aromatic amines is 1. The Kier molecular flexibility index (Phi) is 3.08. The van der Waals surface area contributed by atoms with Gasteiger partial charge in [0.2, 0.25) is 5.91 Å². The Morgan fingerprint density at radius 1 is 1.42 bits per heavy atom. The zero-order chi connectivity index (χ0) is 13.4. The second-order valence-electron chi connectivity index (χ2n) is 4.65. The average molecular weight is 278 g/mol. The number of hydrogen-bond acceptors (Lipinski definition) is 5. The van der Waals surface area contributed by atoms with Gasteiger partial charge in [-0.1, -0.05) is 0 Å². The van der Waals surface area contributed by atoms with Gasteiger partial charge < -0.3 is 4.98 Å². The van der Waals surface area contributed by atoms with Crippen LogP contribution < -0.4 is 16.8 Å². The number of hydrazine groups is 1. The Hall–Kier alpha value is -1.73. The van der Waals surface area contributed by atoms with Crippen LogP contribution in [0.2, 0.25) is 0 Å². The molecule has 0 aliphatic heterocycles. The Bertz CT molecular complexity index is 704. The lowest BCUT2D eigenvalue weighted by Gasteiger charge is -2.09. The van der Waals surface area contributed by atoms with E-state index in [-0.39, 0.29) is 17.9 Å². The number of nitrogens with zero attached hydrogens (tertiary/aromatic N) is 1. The Morgan fingerprint density at radius 2 is 2.21 bits per heavy atom. The summed E-state index contributed by atoms with van der Waals surface area (Å²) in [4.78, 5) is 32.4. The summed E-state index contributed by atoms with van der Waals surface area (Å²) in [7, 11) is 0. The molecule has 19 heavy (non-hydrogen) atoms. The van der Waals surface area contributed by atoms with E-state index in [1.807, 2.05) is 5.43 Å². The number of carbonyl (C=O) groups excluding carboxylic acids is 1. The van der Waals surface area contributed by atoms with E-state index in [1.54, 1.807) is 11.3 Å². The summed E-state index contributed by atoms with van der Waals surface area (Å²) >= 11 is 1.57. The Balaban J connectivity index is 2.11. The van der Waals surface area contributed by atoms with Crippen molar-refractivity contribution in [2.45, 2.75) is 32.1 Å². The molecule has 100 valence electrons. The molecule has 0 spiro atoms. The lowest BCUT2D eigenvalue weighted by atomic mass is 9.97. The van der Waals surface area contributed by atoms with E-state index in [9.17, 15) is 9.59 Å². The Labute approximate surface area is 113 Å². The zero-order valence-corrected chi connectivity index (χ0v) is 11.1. The molecule has 6 nitrogen and oxygen atoms in total. The summed E-state index contributed by atoms with van der Waals surface area (Å²) in [6, 6.07) is 0. The van der Waals surface area contributed by atoms with Crippen LogP contribution in [-0.2, 0) is 24.1 Å². The zero-order valence-electron chi connectivity index (χ0n) is 10.3. The summed E-state index contributed by atoms with van der Waals surface area (Å²) in [5.41, 5.74) is 3.03. The van der Waals surface area contributed by atoms with Gasteiger partial charge in [-0.15, -0.1) is 11.3 Å². The molecule has 0 bridgehead atoms. The van der Waals surface area contributed by atoms with Crippen LogP contribution in [0.25, 0.3) is 10.2 Å². The van der Waals surface area contributed by atoms with Crippen LogP contribution in [0.4, 0.5) is 0 Å². The lowest BCUT2D eigenvalue weighted by Crippen LogP contribution is -2.32. The molecule has 0 unspecified atom stereocenters. The minimum absolute atomic E-state index is 0.00968. The van der Waals surface area contributed by atoms with E-state index in [0.717, 1.165) is 29.7 Å². The van der Waals surface area contributed by atoms with Crippen molar-refractivity contribution in [1.29, 1.82) is 0 Å². The van der Waals surface area contributed by atoms with Crippen molar-refractivity contribution in [2.75, 3.05) is 0 Å². The van der Waals surface area contributed by atoms with Gasteiger partial charge in [-0.2, -0.15) is 0 Å². The van der Waals surface area contributed by atoms with E-state index in [2.05, 4.69) is 9.97 Å². The molecule has 1 amide bonds. The number of fused-ring (bicyclic) bond motifs is 3. The first kappa shape index (κ1) is 12.3. The van der Waals surface area contributed by atoms with E-state index < -0.39 is 0 Å². The molecule has 2 aromatic rings. The quantitative estimate of drug-likeness (QED) is 0.420. The van der Waals surface area contributed by atoms with Crippen LogP contribution in [0.1, 0.15) is 29.1 Å². The fourth-order valence-corrected chi connectivity index (χ4v) is 3.78. The number of aryl methyl sites for hydroxylation is 2. The number of amides is 1. The SMILES string of the molecule is NNC(=O)Cc1nc2sc3c(c2c(=O)[nH]1)CCCC3. The standard InChI is InChI=1S/C12H14N4O2S/c13-16-9(17)5-8-14-11(18)10-6-3-1-2-4-7(6)19-12(10)15-8/h1-5,13H2,(H,16,17)(H,14,15,18). The molecule has 1 aliphatic carbocycles. The number of nitrogens with two attached hydrogens (primary N) is 1. The third-order valence-corrected chi connectivity index (χ3v) is 4.55. The third-order valence-electron chi connectivity index (χ3n) is 3.36. The predicted octanol–water partition coefficient (Wildman–Crippen LogP) is 0.396. The molecule has 7 heteroatoms. The van der Waals surface area contributed by atoms with E-state index in [1.165, 1.54) is 11.3 Å². The van der Waals surface area contributed by atoms with Gasteiger partial charge in [-0.05, 0) is 31.2 Å². The van der Waals surface area contributed by atoms with E-state index in [4.69, 9.17) is 5.84 Å². The first-order valence-electron chi connectivity index (χ1n) is 6.22. The first-order chi connectivity index (χ1) is 9.19. The van der Waals surface area contributed by atoms with Crippen LogP contribution in [0.5, 0.6) is 0 Å². The maximum Gasteiger partial charge on any atom is 0.259 e. The van der Waals surface area contributed by atoms with Crippen LogP contribution in [-0.4, -0.2) is 15.9 Å². The first-order valence-corrected chi connectivity index (χ1v) is 7.03. The molecule has 4 N–H and O–H groups in total. The predicted molar refractivity (Wildman–Crippen MR) is 72.9 cm³/mol. The topological polar surface area (TPSA) is 101 Å². The molecule has 0 radical (unpaired) electrons. The van der Waals surface area contributed by atoms with Gasteiger partial charge in [0.1, 0.15) is 10.7 Å². The third kappa shape index (κ3) is 2.15. The summed E-state index contributed by atoms with van der Waals surface area (Å²) in [6.07, 6.45) is 4.25. The molecule has 0 aromatic carbocycles. The maximum atomic E-state index is 12.2. The smallest absolute Gasteiger partial charge is 0.259 e. The molecule has 2 heterocycles. The molecule has 0 fully saturated rings. The van der Waals surface area contributed by atoms with Crippen molar-refractivity contribution in [3.8, 4) is 0 Å². The molecule has 0 saturated heterocycles. The van der Waals surface area contributed by atoms with Gasteiger partial charge in [0.25, 0.3) is 5.56 Å². The van der Waals surface area contributed by atoms with Crippen LogP contribution >= 0.6 is 11.3 Å². The number of hydrogen-bond donors (Lipinski definition) is 3. The minimum atomic E-state index is -0.371. The average Bonchev–Trinajstić information content (AvgIpc) is 2.76. The van der Waals surface area contributed by atoms with Gasteiger partial charge >= 0.3 is 0 Å². The summed E-state index contributed by atoms with van der Waals surface area (Å²) < 4.78 is 0. The lowest BCUT2D eigenvalue weighted by molar-refractivity contribution is -0.120. The fourth-order valence-electron chi connectivity index (χ4n) is 2.50. The number of H-pyrrole nitrogens is 1. The fraction of sp³-hybridized carbons (Fsp3) is 0.417. The maximum absolute atomic E-state index is 12.2. The highest BCUT2D eigenvalue weighted by atomic mass is 32.1. The summed E-state index contributed by atoms with van der Waals surface area (Å²) in [5.74, 6) is 5.02. The second-order valence-corrected chi connectivity index (χ2v) is 5.73. The van der Waals surface area contributed by atoms with Crippen molar-refractivity contribution in [3.05, 3.63) is 26.6 Å². The molecule has 1 aliphatic rings. The summed E-state index contributed by atoms with van der Waals surface area (Å²) in [6.45, 7) is 0. The highest BCUT2D eigenvalue weighted by Gasteiger charge is 2.20. The monoisotopic (exact) mass is 278 g/mol. The van der Waals surface area contributed by atoms with Gasteiger partial charge in [0.15, 0.2) is 0 Å².